The standard InChI is InChI=1S/C20H28N2O4/c23-19-2-1-7-22(17-19)16-18-3-5-20(6-4-18)26-15-14-25-13-10-21-8-11-24-12-9-21/h1-7,23H,8-17H2. The fraction of sp³-hybridized carbons (Fsp3) is 0.500. The molecule has 3 rings (SSSR count). The molecule has 0 saturated carbocycles. The number of hydrogen-bond acceptors (Lipinski definition) is 6. The third kappa shape index (κ3) is 6.37. The molecule has 0 amide bonds. The monoisotopic (exact) mass is 360 g/mol. The first-order valence-corrected chi connectivity index (χ1v) is 9.19. The summed E-state index contributed by atoms with van der Waals surface area (Å²) in [7, 11) is 0. The van der Waals surface area contributed by atoms with Crippen molar-refractivity contribution in [2.45, 2.75) is 6.54 Å². The third-order valence-corrected chi connectivity index (χ3v) is 4.41. The average Bonchev–Trinajstić information content (AvgIpc) is 2.67. The van der Waals surface area contributed by atoms with E-state index in [-0.39, 0.29) is 0 Å². The molecule has 142 valence electrons. The molecular weight excluding hydrogens is 332 g/mol. The van der Waals surface area contributed by atoms with E-state index in [2.05, 4.69) is 21.9 Å². The molecule has 1 N–H and O–H groups in total. The van der Waals surface area contributed by atoms with Crippen LogP contribution in [0.4, 0.5) is 0 Å². The summed E-state index contributed by atoms with van der Waals surface area (Å²) in [5.41, 5.74) is 1.18. The molecule has 0 spiro atoms. The number of hydrogen-bond donors (Lipinski definition) is 1. The van der Waals surface area contributed by atoms with E-state index in [1.54, 1.807) is 6.08 Å². The summed E-state index contributed by atoms with van der Waals surface area (Å²) in [4.78, 5) is 4.42. The van der Waals surface area contributed by atoms with Crippen LogP contribution >= 0.6 is 0 Å². The SMILES string of the molecule is OC1=CC=CN(Cc2ccc(OCCOCCN3CCOCC3)cc2)C1. The Morgan fingerprint density at radius 3 is 2.62 bits per heavy atom. The fourth-order valence-electron chi connectivity index (χ4n) is 2.96. The van der Waals surface area contributed by atoms with Gasteiger partial charge < -0.3 is 24.2 Å². The summed E-state index contributed by atoms with van der Waals surface area (Å²) in [6, 6.07) is 8.06. The van der Waals surface area contributed by atoms with Crippen LogP contribution in [0.2, 0.25) is 0 Å². The number of aliphatic hydroxyl groups is 1. The summed E-state index contributed by atoms with van der Waals surface area (Å²) in [5, 5.41) is 9.56. The minimum atomic E-state index is 0.390. The van der Waals surface area contributed by atoms with Crippen molar-refractivity contribution in [1.82, 2.24) is 9.80 Å². The topological polar surface area (TPSA) is 54.4 Å². The van der Waals surface area contributed by atoms with Crippen LogP contribution in [-0.2, 0) is 16.0 Å². The molecule has 2 heterocycles. The molecule has 0 bridgehead atoms. The van der Waals surface area contributed by atoms with Crippen LogP contribution in [0.1, 0.15) is 5.56 Å². The minimum absolute atomic E-state index is 0.390. The highest BCUT2D eigenvalue weighted by Gasteiger charge is 2.09. The average molecular weight is 360 g/mol. The molecule has 0 atom stereocenters. The van der Waals surface area contributed by atoms with Crippen LogP contribution in [0.25, 0.3) is 0 Å². The van der Waals surface area contributed by atoms with Gasteiger partial charge in [-0.05, 0) is 36.0 Å². The maximum Gasteiger partial charge on any atom is 0.119 e. The van der Waals surface area contributed by atoms with Crippen molar-refractivity contribution >= 4 is 0 Å². The van der Waals surface area contributed by atoms with E-state index in [1.165, 1.54) is 5.56 Å². The maximum atomic E-state index is 9.56. The summed E-state index contributed by atoms with van der Waals surface area (Å²) in [5.74, 6) is 1.24. The normalized spacial score (nSPS) is 18.0. The van der Waals surface area contributed by atoms with Crippen molar-refractivity contribution in [1.29, 1.82) is 0 Å². The highest BCUT2D eigenvalue weighted by molar-refractivity contribution is 5.27. The summed E-state index contributed by atoms with van der Waals surface area (Å²) < 4.78 is 16.7. The Morgan fingerprint density at radius 1 is 1.04 bits per heavy atom. The number of allylic oxidation sites excluding steroid dienone is 2. The van der Waals surface area contributed by atoms with Crippen molar-refractivity contribution in [3.05, 3.63) is 53.9 Å². The molecule has 6 nitrogen and oxygen atoms in total. The Labute approximate surface area is 155 Å². The first-order chi connectivity index (χ1) is 12.8. The van der Waals surface area contributed by atoms with Crippen molar-refractivity contribution in [2.75, 3.05) is 59.2 Å². The van der Waals surface area contributed by atoms with E-state index < -0.39 is 0 Å². The molecule has 2 aliphatic heterocycles. The third-order valence-electron chi connectivity index (χ3n) is 4.41. The highest BCUT2D eigenvalue weighted by Crippen LogP contribution is 2.15. The predicted molar refractivity (Wildman–Crippen MR) is 100 cm³/mol. The van der Waals surface area contributed by atoms with E-state index in [4.69, 9.17) is 14.2 Å². The van der Waals surface area contributed by atoms with Gasteiger partial charge in [0.15, 0.2) is 0 Å². The second kappa shape index (κ2) is 10.2. The van der Waals surface area contributed by atoms with Gasteiger partial charge in [-0.25, -0.2) is 0 Å². The van der Waals surface area contributed by atoms with Gasteiger partial charge in [-0.2, -0.15) is 0 Å². The molecular formula is C20H28N2O4. The Hall–Kier alpha value is -2.02. The van der Waals surface area contributed by atoms with Gasteiger partial charge in [0.05, 0.1) is 33.0 Å². The minimum Gasteiger partial charge on any atom is -0.510 e. The molecule has 1 aromatic carbocycles. The lowest BCUT2D eigenvalue weighted by atomic mass is 10.2. The van der Waals surface area contributed by atoms with Gasteiger partial charge in [0, 0.05) is 26.2 Å². The van der Waals surface area contributed by atoms with Crippen molar-refractivity contribution in [3.8, 4) is 5.75 Å². The smallest absolute Gasteiger partial charge is 0.119 e. The van der Waals surface area contributed by atoms with Gasteiger partial charge in [0.25, 0.3) is 0 Å². The molecule has 0 aromatic heterocycles. The first-order valence-electron chi connectivity index (χ1n) is 9.19. The number of rotatable bonds is 9. The second-order valence-corrected chi connectivity index (χ2v) is 6.46. The lowest BCUT2D eigenvalue weighted by Gasteiger charge is -2.26. The van der Waals surface area contributed by atoms with Gasteiger partial charge in [-0.3, -0.25) is 4.90 Å². The van der Waals surface area contributed by atoms with Crippen molar-refractivity contribution < 1.29 is 19.3 Å². The van der Waals surface area contributed by atoms with Gasteiger partial charge in [0.2, 0.25) is 0 Å². The highest BCUT2D eigenvalue weighted by atomic mass is 16.5. The number of aliphatic hydroxyl groups excluding tert-OH is 1. The lowest BCUT2D eigenvalue weighted by Crippen LogP contribution is -2.38. The van der Waals surface area contributed by atoms with E-state index in [1.807, 2.05) is 24.4 Å². The quantitative estimate of drug-likeness (QED) is 0.682. The molecule has 1 aromatic rings. The molecule has 26 heavy (non-hydrogen) atoms. The fourth-order valence-corrected chi connectivity index (χ4v) is 2.96. The number of ether oxygens (including phenoxy) is 3. The zero-order valence-corrected chi connectivity index (χ0v) is 15.2. The van der Waals surface area contributed by atoms with E-state index in [0.29, 0.717) is 25.5 Å². The number of morpholine rings is 1. The maximum absolute atomic E-state index is 9.56. The zero-order valence-electron chi connectivity index (χ0n) is 15.2. The van der Waals surface area contributed by atoms with Crippen LogP contribution in [-0.4, -0.2) is 74.1 Å². The summed E-state index contributed by atoms with van der Waals surface area (Å²) in [6.07, 6.45) is 5.56. The van der Waals surface area contributed by atoms with Gasteiger partial charge >= 0.3 is 0 Å². The molecule has 0 radical (unpaired) electrons. The van der Waals surface area contributed by atoms with Crippen molar-refractivity contribution in [2.24, 2.45) is 0 Å². The van der Waals surface area contributed by atoms with Gasteiger partial charge in [-0.1, -0.05) is 12.1 Å². The van der Waals surface area contributed by atoms with Crippen LogP contribution in [0.15, 0.2) is 48.4 Å². The van der Waals surface area contributed by atoms with Gasteiger partial charge in [0.1, 0.15) is 18.1 Å². The Bertz CT molecular complexity index is 594. The molecule has 0 aliphatic carbocycles. The summed E-state index contributed by atoms with van der Waals surface area (Å²) in [6.45, 7) is 7.78. The van der Waals surface area contributed by atoms with E-state index in [0.717, 1.165) is 51.7 Å². The molecule has 6 heteroatoms. The Kier molecular flexibility index (Phi) is 7.37. The van der Waals surface area contributed by atoms with Crippen LogP contribution in [0.5, 0.6) is 5.75 Å². The van der Waals surface area contributed by atoms with Crippen LogP contribution < -0.4 is 4.74 Å². The first kappa shape index (κ1) is 18.8. The van der Waals surface area contributed by atoms with E-state index in [9.17, 15) is 5.11 Å². The number of benzene rings is 1. The molecule has 1 fully saturated rings. The Morgan fingerprint density at radius 2 is 1.85 bits per heavy atom. The van der Waals surface area contributed by atoms with Crippen LogP contribution in [0, 0.1) is 0 Å². The lowest BCUT2D eigenvalue weighted by molar-refractivity contribution is 0.0170. The predicted octanol–water partition coefficient (Wildman–Crippen LogP) is 2.19. The number of nitrogens with zero attached hydrogens (tertiary/aromatic N) is 2. The molecule has 0 unspecified atom stereocenters. The Balaban J connectivity index is 1.28. The molecule has 1 saturated heterocycles. The largest absolute Gasteiger partial charge is 0.510 e. The summed E-state index contributed by atoms with van der Waals surface area (Å²) >= 11 is 0. The van der Waals surface area contributed by atoms with Crippen molar-refractivity contribution in [3.63, 3.8) is 0 Å². The zero-order chi connectivity index (χ0) is 18.0. The second-order valence-electron chi connectivity index (χ2n) is 6.46. The van der Waals surface area contributed by atoms with Crippen LogP contribution in [0.3, 0.4) is 0 Å². The molecule has 2 aliphatic rings. The van der Waals surface area contributed by atoms with E-state index >= 15 is 0 Å². The van der Waals surface area contributed by atoms with Gasteiger partial charge in [-0.15, -0.1) is 0 Å².